The fourth-order valence-corrected chi connectivity index (χ4v) is 1.60. The predicted octanol–water partition coefficient (Wildman–Crippen LogP) is 1.38. The number of nitrogens with two attached hydrogens (primary N) is 1. The number of fused-ring (bicyclic) bond motifs is 1. The largest absolute Gasteiger partial charge is 0.486 e. The van der Waals surface area contributed by atoms with E-state index in [1.165, 1.54) is 0 Å². The van der Waals surface area contributed by atoms with Crippen molar-refractivity contribution in [2.24, 2.45) is 5.73 Å². The molecule has 1 aliphatic rings. The molecule has 0 aliphatic carbocycles. The average Bonchev–Trinajstić information content (AvgIpc) is 2.36. The van der Waals surface area contributed by atoms with E-state index in [0.29, 0.717) is 36.7 Å². The first-order chi connectivity index (χ1) is 7.72. The standard InChI is InChI=1S/C12H15NO3/c1-2-9(13)12(14)8-3-4-10-11(7-8)16-6-5-15-10/h3-4,7,9H,2,5-6,13H2,1H3. The number of carbonyl (C=O) groups is 1. The van der Waals surface area contributed by atoms with Crippen LogP contribution in [0.25, 0.3) is 0 Å². The number of rotatable bonds is 3. The van der Waals surface area contributed by atoms with E-state index >= 15 is 0 Å². The lowest BCUT2D eigenvalue weighted by atomic mass is 10.0. The zero-order valence-corrected chi connectivity index (χ0v) is 9.23. The molecule has 1 aliphatic heterocycles. The Kier molecular flexibility index (Phi) is 3.10. The number of ketones is 1. The Morgan fingerprint density at radius 1 is 1.38 bits per heavy atom. The van der Waals surface area contributed by atoms with Gasteiger partial charge in [-0.05, 0) is 24.6 Å². The first-order valence-electron chi connectivity index (χ1n) is 5.42. The number of carbonyl (C=O) groups excluding carboxylic acids is 1. The SMILES string of the molecule is CCC(N)C(=O)c1ccc2c(c1)OCCO2. The smallest absolute Gasteiger partial charge is 0.179 e. The molecule has 1 unspecified atom stereocenters. The molecule has 2 rings (SSSR count). The molecule has 86 valence electrons. The van der Waals surface area contributed by atoms with E-state index in [1.54, 1.807) is 18.2 Å². The number of benzene rings is 1. The van der Waals surface area contributed by atoms with Gasteiger partial charge in [-0.25, -0.2) is 0 Å². The van der Waals surface area contributed by atoms with Gasteiger partial charge in [0, 0.05) is 5.56 Å². The highest BCUT2D eigenvalue weighted by Gasteiger charge is 2.18. The van der Waals surface area contributed by atoms with Crippen molar-refractivity contribution < 1.29 is 14.3 Å². The number of hydrogen-bond acceptors (Lipinski definition) is 4. The van der Waals surface area contributed by atoms with Gasteiger partial charge in [0.1, 0.15) is 13.2 Å². The van der Waals surface area contributed by atoms with Crippen LogP contribution in [0.5, 0.6) is 11.5 Å². The van der Waals surface area contributed by atoms with Crippen LogP contribution in [-0.2, 0) is 0 Å². The van der Waals surface area contributed by atoms with E-state index in [9.17, 15) is 4.79 Å². The van der Waals surface area contributed by atoms with Crippen molar-refractivity contribution >= 4 is 5.78 Å². The van der Waals surface area contributed by atoms with Crippen LogP contribution in [0.3, 0.4) is 0 Å². The third-order valence-corrected chi connectivity index (χ3v) is 2.60. The van der Waals surface area contributed by atoms with Gasteiger partial charge in [-0.1, -0.05) is 6.92 Å². The first kappa shape index (κ1) is 11.0. The van der Waals surface area contributed by atoms with E-state index in [0.717, 1.165) is 0 Å². The molecule has 0 saturated heterocycles. The van der Waals surface area contributed by atoms with Crippen molar-refractivity contribution in [3.63, 3.8) is 0 Å². The van der Waals surface area contributed by atoms with Crippen LogP contribution in [0.2, 0.25) is 0 Å². The third kappa shape index (κ3) is 2.02. The molecule has 0 amide bonds. The Morgan fingerprint density at radius 3 is 2.75 bits per heavy atom. The maximum atomic E-state index is 11.8. The molecular weight excluding hydrogens is 206 g/mol. The molecule has 16 heavy (non-hydrogen) atoms. The summed E-state index contributed by atoms with van der Waals surface area (Å²) in [7, 11) is 0. The molecule has 0 fully saturated rings. The summed E-state index contributed by atoms with van der Waals surface area (Å²) in [4.78, 5) is 11.8. The summed E-state index contributed by atoms with van der Waals surface area (Å²) in [5.74, 6) is 1.26. The molecule has 0 radical (unpaired) electrons. The second kappa shape index (κ2) is 4.53. The molecule has 2 N–H and O–H groups in total. The fraction of sp³-hybridized carbons (Fsp3) is 0.417. The second-order valence-corrected chi connectivity index (χ2v) is 3.74. The molecule has 1 heterocycles. The molecule has 0 saturated carbocycles. The fourth-order valence-electron chi connectivity index (χ4n) is 1.60. The number of ether oxygens (including phenoxy) is 2. The monoisotopic (exact) mass is 221 g/mol. The van der Waals surface area contributed by atoms with Crippen LogP contribution in [0, 0.1) is 0 Å². The Balaban J connectivity index is 2.26. The summed E-state index contributed by atoms with van der Waals surface area (Å²) in [5.41, 5.74) is 6.29. The van der Waals surface area contributed by atoms with Crippen molar-refractivity contribution in [1.82, 2.24) is 0 Å². The Bertz CT molecular complexity index is 403. The van der Waals surface area contributed by atoms with Gasteiger partial charge in [-0.3, -0.25) is 4.79 Å². The molecule has 0 bridgehead atoms. The molecule has 0 aromatic heterocycles. The van der Waals surface area contributed by atoms with E-state index in [1.807, 2.05) is 6.92 Å². The van der Waals surface area contributed by atoms with Gasteiger partial charge in [0.2, 0.25) is 0 Å². The Labute approximate surface area is 94.3 Å². The lowest BCUT2D eigenvalue weighted by molar-refractivity contribution is 0.0958. The minimum Gasteiger partial charge on any atom is -0.486 e. The van der Waals surface area contributed by atoms with Crippen molar-refractivity contribution in [3.05, 3.63) is 23.8 Å². The van der Waals surface area contributed by atoms with Crippen molar-refractivity contribution in [3.8, 4) is 11.5 Å². The molecular formula is C12H15NO3. The quantitative estimate of drug-likeness (QED) is 0.783. The van der Waals surface area contributed by atoms with Gasteiger partial charge < -0.3 is 15.2 Å². The Morgan fingerprint density at radius 2 is 2.06 bits per heavy atom. The maximum absolute atomic E-state index is 11.8. The van der Waals surface area contributed by atoms with Gasteiger partial charge in [0.25, 0.3) is 0 Å². The maximum Gasteiger partial charge on any atom is 0.179 e. The number of hydrogen-bond donors (Lipinski definition) is 1. The van der Waals surface area contributed by atoms with Gasteiger partial charge in [0.05, 0.1) is 6.04 Å². The summed E-state index contributed by atoms with van der Waals surface area (Å²) in [6.45, 7) is 2.96. The van der Waals surface area contributed by atoms with E-state index in [4.69, 9.17) is 15.2 Å². The van der Waals surface area contributed by atoms with E-state index in [2.05, 4.69) is 0 Å². The summed E-state index contributed by atoms with van der Waals surface area (Å²) in [5, 5.41) is 0. The zero-order valence-electron chi connectivity index (χ0n) is 9.23. The minimum atomic E-state index is -0.442. The minimum absolute atomic E-state index is 0.0560. The summed E-state index contributed by atoms with van der Waals surface area (Å²) >= 11 is 0. The van der Waals surface area contributed by atoms with Crippen LogP contribution in [-0.4, -0.2) is 25.0 Å². The van der Waals surface area contributed by atoms with Gasteiger partial charge in [0.15, 0.2) is 17.3 Å². The topological polar surface area (TPSA) is 61.6 Å². The van der Waals surface area contributed by atoms with E-state index < -0.39 is 6.04 Å². The lowest BCUT2D eigenvalue weighted by Gasteiger charge is -2.19. The molecule has 4 nitrogen and oxygen atoms in total. The highest BCUT2D eigenvalue weighted by molar-refractivity contribution is 6.00. The summed E-state index contributed by atoms with van der Waals surface area (Å²) in [6, 6.07) is 4.74. The van der Waals surface area contributed by atoms with E-state index in [-0.39, 0.29) is 5.78 Å². The van der Waals surface area contributed by atoms with Crippen molar-refractivity contribution in [2.45, 2.75) is 19.4 Å². The normalized spacial score (nSPS) is 15.6. The van der Waals surface area contributed by atoms with Crippen molar-refractivity contribution in [1.29, 1.82) is 0 Å². The van der Waals surface area contributed by atoms with Crippen LogP contribution in [0.15, 0.2) is 18.2 Å². The van der Waals surface area contributed by atoms with Gasteiger partial charge in [-0.15, -0.1) is 0 Å². The molecule has 0 spiro atoms. The highest BCUT2D eigenvalue weighted by atomic mass is 16.6. The first-order valence-corrected chi connectivity index (χ1v) is 5.42. The zero-order chi connectivity index (χ0) is 11.5. The highest BCUT2D eigenvalue weighted by Crippen LogP contribution is 2.31. The number of Topliss-reactive ketones (excluding diaryl/α,β-unsaturated/α-hetero) is 1. The second-order valence-electron chi connectivity index (χ2n) is 3.74. The van der Waals surface area contributed by atoms with Gasteiger partial charge in [-0.2, -0.15) is 0 Å². The van der Waals surface area contributed by atoms with Crippen LogP contribution in [0.4, 0.5) is 0 Å². The molecule has 1 aromatic carbocycles. The predicted molar refractivity (Wildman–Crippen MR) is 60.0 cm³/mol. The molecule has 4 heteroatoms. The Hall–Kier alpha value is -1.55. The van der Waals surface area contributed by atoms with Crippen LogP contribution < -0.4 is 15.2 Å². The lowest BCUT2D eigenvalue weighted by Crippen LogP contribution is -2.29. The van der Waals surface area contributed by atoms with Gasteiger partial charge >= 0.3 is 0 Å². The summed E-state index contributed by atoms with van der Waals surface area (Å²) in [6.07, 6.45) is 0.632. The van der Waals surface area contributed by atoms with Crippen LogP contribution in [0.1, 0.15) is 23.7 Å². The van der Waals surface area contributed by atoms with Crippen molar-refractivity contribution in [2.75, 3.05) is 13.2 Å². The average molecular weight is 221 g/mol. The summed E-state index contributed by atoms with van der Waals surface area (Å²) < 4.78 is 10.8. The molecule has 1 aromatic rings. The molecule has 1 atom stereocenters. The third-order valence-electron chi connectivity index (χ3n) is 2.60. The van der Waals surface area contributed by atoms with Crippen LogP contribution >= 0.6 is 0 Å².